The summed E-state index contributed by atoms with van der Waals surface area (Å²) < 4.78 is 52.1. The topological polar surface area (TPSA) is 130 Å². The number of methoxy groups -OCH3 is 1. The van der Waals surface area contributed by atoms with Gasteiger partial charge in [0.05, 0.1) is 49.9 Å². The summed E-state index contributed by atoms with van der Waals surface area (Å²) in [7, 11) is 1.19. The van der Waals surface area contributed by atoms with E-state index < -0.39 is 23.6 Å². The van der Waals surface area contributed by atoms with E-state index in [2.05, 4.69) is 25.2 Å². The van der Waals surface area contributed by atoms with Crippen molar-refractivity contribution in [2.45, 2.75) is 38.4 Å². The number of hydrogen-bond donors (Lipinski definition) is 2. The zero-order valence-corrected chi connectivity index (χ0v) is 25.4. The predicted molar refractivity (Wildman–Crippen MR) is 159 cm³/mol. The largest absolute Gasteiger partial charge is 0.496 e. The average Bonchev–Trinajstić information content (AvgIpc) is 3.41. The Bertz CT molecular complexity index is 1550. The van der Waals surface area contributed by atoms with E-state index in [4.69, 9.17) is 9.47 Å². The molecule has 6 rings (SSSR count). The Morgan fingerprint density at radius 2 is 1.96 bits per heavy atom. The van der Waals surface area contributed by atoms with Gasteiger partial charge in [-0.05, 0) is 50.4 Å². The van der Waals surface area contributed by atoms with Crippen LogP contribution in [-0.4, -0.2) is 83.3 Å². The van der Waals surface area contributed by atoms with Crippen LogP contribution < -0.4 is 15.0 Å². The van der Waals surface area contributed by atoms with Gasteiger partial charge in [0.1, 0.15) is 17.3 Å². The van der Waals surface area contributed by atoms with E-state index in [1.54, 1.807) is 6.07 Å². The molecule has 1 amide bonds. The Kier molecular flexibility index (Phi) is 8.68. The number of aliphatic carboxylic acids is 1. The van der Waals surface area contributed by atoms with Crippen molar-refractivity contribution in [3.05, 3.63) is 46.7 Å². The number of likely N-dealkylation sites (tertiary alicyclic amines) is 1. The van der Waals surface area contributed by atoms with Crippen LogP contribution in [0.2, 0.25) is 0 Å². The first-order valence-corrected chi connectivity index (χ1v) is 15.5. The quantitative estimate of drug-likeness (QED) is 0.352. The minimum absolute atomic E-state index is 0.0456. The standard InChI is InChI=1S/C30H33F3N6O5S/c1-43-22-4-3-19(11-20(22)30(31,32)33)25-23(14-38-8-2-7-29(15-38)16-44-17-29)45-28(36-25)37-26(40)21-12-35-24(13-34-21)39-9-5-18(6-10-39)27(41)42/h3-4,11-13,18H,2,5-10,14-17H2,1H3,(H,41,42)(H,36,37,40). The molecular formula is C30H33F3N6O5S. The molecule has 3 aromatic rings. The molecule has 0 bridgehead atoms. The van der Waals surface area contributed by atoms with Crippen LogP contribution in [0.1, 0.15) is 46.6 Å². The van der Waals surface area contributed by atoms with Crippen LogP contribution in [0.25, 0.3) is 11.3 Å². The van der Waals surface area contributed by atoms with Crippen LogP contribution in [0.3, 0.4) is 0 Å². The van der Waals surface area contributed by atoms with Crippen LogP contribution in [0.5, 0.6) is 5.75 Å². The lowest BCUT2D eigenvalue weighted by Gasteiger charge is -2.48. The Balaban J connectivity index is 1.23. The summed E-state index contributed by atoms with van der Waals surface area (Å²) in [4.78, 5) is 42.5. The number of nitrogens with one attached hydrogen (secondary N) is 1. The van der Waals surface area contributed by atoms with Crippen molar-refractivity contribution < 1.29 is 37.3 Å². The zero-order valence-electron chi connectivity index (χ0n) is 24.6. The highest BCUT2D eigenvalue weighted by molar-refractivity contribution is 7.16. The summed E-state index contributed by atoms with van der Waals surface area (Å²) in [5.41, 5.74) is -0.119. The molecular weight excluding hydrogens is 613 g/mol. The van der Waals surface area contributed by atoms with E-state index in [0.29, 0.717) is 57.2 Å². The summed E-state index contributed by atoms with van der Waals surface area (Å²) in [5, 5.41) is 12.2. The highest BCUT2D eigenvalue weighted by Gasteiger charge is 2.42. The highest BCUT2D eigenvalue weighted by atomic mass is 32.1. The molecule has 2 N–H and O–H groups in total. The first-order valence-electron chi connectivity index (χ1n) is 14.7. The molecule has 1 spiro atoms. The number of amides is 1. The third-order valence-corrected chi connectivity index (χ3v) is 9.61. The van der Waals surface area contributed by atoms with E-state index in [0.717, 1.165) is 36.9 Å². The summed E-state index contributed by atoms with van der Waals surface area (Å²) in [5.74, 6) is -1.48. The van der Waals surface area contributed by atoms with Gasteiger partial charge in [0.25, 0.3) is 5.91 Å². The zero-order chi connectivity index (χ0) is 31.8. The van der Waals surface area contributed by atoms with Crippen molar-refractivity contribution >= 4 is 34.2 Å². The number of carbonyl (C=O) groups excluding carboxylic acids is 1. The molecule has 3 aliphatic heterocycles. The van der Waals surface area contributed by atoms with Gasteiger partial charge in [-0.2, -0.15) is 13.2 Å². The second-order valence-electron chi connectivity index (χ2n) is 11.8. The summed E-state index contributed by atoms with van der Waals surface area (Å²) in [6, 6.07) is 3.85. The second kappa shape index (κ2) is 12.5. The van der Waals surface area contributed by atoms with Gasteiger partial charge in [-0.3, -0.25) is 19.8 Å². The summed E-state index contributed by atoms with van der Waals surface area (Å²) in [6.45, 7) is 4.57. The fraction of sp³-hybridized carbons (Fsp3) is 0.500. The summed E-state index contributed by atoms with van der Waals surface area (Å²) in [6.07, 6.45) is 1.26. The van der Waals surface area contributed by atoms with Gasteiger partial charge in [-0.15, -0.1) is 0 Å². The number of hydrogen-bond acceptors (Lipinski definition) is 10. The number of piperidine rings is 2. The SMILES string of the molecule is COc1ccc(-c2nc(NC(=O)c3cnc(N4CCC(C(=O)O)CC4)cn3)sc2CN2CCCC3(COC3)C2)cc1C(F)(F)F. The number of aromatic nitrogens is 3. The Morgan fingerprint density at radius 1 is 1.18 bits per heavy atom. The van der Waals surface area contributed by atoms with Crippen molar-refractivity contribution in [3.63, 3.8) is 0 Å². The number of carboxylic acid groups (broad SMARTS) is 1. The number of nitrogens with zero attached hydrogens (tertiary/aromatic N) is 5. The van der Waals surface area contributed by atoms with Crippen molar-refractivity contribution in [3.8, 4) is 17.0 Å². The van der Waals surface area contributed by atoms with Crippen molar-refractivity contribution in [2.24, 2.45) is 11.3 Å². The molecule has 0 radical (unpaired) electrons. The lowest BCUT2D eigenvalue weighted by molar-refractivity contribution is -0.144. The van der Waals surface area contributed by atoms with E-state index in [9.17, 15) is 27.9 Å². The van der Waals surface area contributed by atoms with Gasteiger partial charge < -0.3 is 19.5 Å². The van der Waals surface area contributed by atoms with Gasteiger partial charge in [0.2, 0.25) is 0 Å². The van der Waals surface area contributed by atoms with E-state index in [-0.39, 0.29) is 33.5 Å². The first-order chi connectivity index (χ1) is 21.5. The van der Waals surface area contributed by atoms with Gasteiger partial charge in [0, 0.05) is 42.0 Å². The van der Waals surface area contributed by atoms with Gasteiger partial charge >= 0.3 is 12.1 Å². The monoisotopic (exact) mass is 646 g/mol. The van der Waals surface area contributed by atoms with Gasteiger partial charge in [-0.1, -0.05) is 11.3 Å². The molecule has 3 saturated heterocycles. The maximum atomic E-state index is 13.9. The molecule has 45 heavy (non-hydrogen) atoms. The normalized spacial score (nSPS) is 18.9. The minimum atomic E-state index is -4.63. The molecule has 5 heterocycles. The van der Waals surface area contributed by atoms with E-state index in [1.807, 2.05) is 4.90 Å². The number of carboxylic acids is 1. The molecule has 0 unspecified atom stereocenters. The lowest BCUT2D eigenvalue weighted by Crippen LogP contribution is -2.53. The Morgan fingerprint density at radius 3 is 2.58 bits per heavy atom. The fourth-order valence-corrected chi connectivity index (χ4v) is 7.23. The molecule has 3 aliphatic rings. The highest BCUT2D eigenvalue weighted by Crippen LogP contribution is 2.42. The van der Waals surface area contributed by atoms with Gasteiger partial charge in [0.15, 0.2) is 5.13 Å². The Labute approximate surface area is 261 Å². The maximum absolute atomic E-state index is 13.9. The van der Waals surface area contributed by atoms with Crippen LogP contribution in [0.15, 0.2) is 30.6 Å². The number of benzene rings is 1. The fourth-order valence-electron chi connectivity index (χ4n) is 6.21. The molecule has 2 aromatic heterocycles. The number of ether oxygens (including phenoxy) is 2. The molecule has 0 atom stereocenters. The molecule has 0 aliphatic carbocycles. The number of rotatable bonds is 8. The van der Waals surface area contributed by atoms with Crippen molar-refractivity contribution in [1.82, 2.24) is 19.9 Å². The second-order valence-corrected chi connectivity index (χ2v) is 12.9. The molecule has 11 nitrogen and oxygen atoms in total. The summed E-state index contributed by atoms with van der Waals surface area (Å²) >= 11 is 1.22. The lowest BCUT2D eigenvalue weighted by atomic mass is 9.78. The van der Waals surface area contributed by atoms with Crippen LogP contribution in [0.4, 0.5) is 24.1 Å². The van der Waals surface area contributed by atoms with Crippen molar-refractivity contribution in [1.29, 1.82) is 0 Å². The first kappa shape index (κ1) is 31.2. The number of thiazole rings is 1. The van der Waals surface area contributed by atoms with Crippen LogP contribution >= 0.6 is 11.3 Å². The molecule has 1 aromatic carbocycles. The van der Waals surface area contributed by atoms with Crippen LogP contribution in [-0.2, 0) is 22.3 Å². The molecule has 3 fully saturated rings. The third-order valence-electron chi connectivity index (χ3n) is 8.66. The van der Waals surface area contributed by atoms with E-state index in [1.165, 1.54) is 36.9 Å². The van der Waals surface area contributed by atoms with E-state index >= 15 is 0 Å². The maximum Gasteiger partial charge on any atom is 0.419 e. The molecule has 0 saturated carbocycles. The van der Waals surface area contributed by atoms with Gasteiger partial charge in [-0.25, -0.2) is 15.0 Å². The molecule has 240 valence electrons. The average molecular weight is 647 g/mol. The molecule has 15 heteroatoms. The van der Waals surface area contributed by atoms with Crippen molar-refractivity contribution in [2.75, 3.05) is 56.7 Å². The smallest absolute Gasteiger partial charge is 0.419 e. The van der Waals surface area contributed by atoms with Crippen LogP contribution in [0, 0.1) is 11.3 Å². The number of anilines is 2. The predicted octanol–water partition coefficient (Wildman–Crippen LogP) is 4.79. The Hall–Kier alpha value is -3.82. The number of halogens is 3. The minimum Gasteiger partial charge on any atom is -0.496 e. The third kappa shape index (κ3) is 6.75. The number of alkyl halides is 3. The number of carbonyl (C=O) groups is 2.